The second-order valence-electron chi connectivity index (χ2n) is 4.74. The zero-order chi connectivity index (χ0) is 15.9. The lowest BCUT2D eigenvalue weighted by Gasteiger charge is -2.04. The van der Waals surface area contributed by atoms with Crippen molar-refractivity contribution in [1.82, 2.24) is 4.98 Å². The quantitative estimate of drug-likeness (QED) is 0.499. The molecule has 0 aliphatic carbocycles. The summed E-state index contributed by atoms with van der Waals surface area (Å²) >= 11 is 1.24. The van der Waals surface area contributed by atoms with Gasteiger partial charge < -0.3 is 4.74 Å². The minimum Gasteiger partial charge on any atom is -0.462 e. The fourth-order valence-corrected chi connectivity index (χ4v) is 2.69. The monoisotopic (exact) mass is 317 g/mol. The summed E-state index contributed by atoms with van der Waals surface area (Å²) in [5.41, 5.74) is 4.71. The van der Waals surface area contributed by atoms with E-state index in [1.54, 1.807) is 13.8 Å². The van der Waals surface area contributed by atoms with Gasteiger partial charge in [-0.05, 0) is 19.4 Å². The van der Waals surface area contributed by atoms with Crippen LogP contribution < -0.4 is 5.43 Å². The van der Waals surface area contributed by atoms with Gasteiger partial charge in [0.1, 0.15) is 4.88 Å². The van der Waals surface area contributed by atoms with Gasteiger partial charge in [0.15, 0.2) is 0 Å². The van der Waals surface area contributed by atoms with Crippen LogP contribution in [0.5, 0.6) is 0 Å². The minimum atomic E-state index is -0.341. The molecule has 0 aliphatic heterocycles. The fourth-order valence-electron chi connectivity index (χ4n) is 1.88. The number of carbonyl (C=O) groups is 1. The lowest BCUT2D eigenvalue weighted by Crippen LogP contribution is -2.03. The van der Waals surface area contributed by atoms with Crippen LogP contribution in [0.4, 0.5) is 5.13 Å². The molecule has 5 nitrogen and oxygen atoms in total. The van der Waals surface area contributed by atoms with Crippen molar-refractivity contribution in [2.75, 3.05) is 12.0 Å². The first-order chi connectivity index (χ1) is 10.6. The topological polar surface area (TPSA) is 63.6 Å². The summed E-state index contributed by atoms with van der Waals surface area (Å²) in [7, 11) is 0. The van der Waals surface area contributed by atoms with Crippen LogP contribution in [-0.4, -0.2) is 23.8 Å². The van der Waals surface area contributed by atoms with E-state index in [4.69, 9.17) is 4.74 Å². The first kappa shape index (κ1) is 16.2. The molecule has 0 amide bonds. The van der Waals surface area contributed by atoms with E-state index in [1.165, 1.54) is 16.9 Å². The Balaban J connectivity index is 1.98. The second-order valence-corrected chi connectivity index (χ2v) is 5.74. The van der Waals surface area contributed by atoms with Crippen molar-refractivity contribution in [2.24, 2.45) is 5.10 Å². The highest BCUT2D eigenvalue weighted by atomic mass is 32.1. The summed E-state index contributed by atoms with van der Waals surface area (Å²) in [5, 5.41) is 4.78. The highest BCUT2D eigenvalue weighted by Crippen LogP contribution is 2.23. The average molecular weight is 317 g/mol. The number of benzene rings is 1. The van der Waals surface area contributed by atoms with Crippen molar-refractivity contribution in [1.29, 1.82) is 0 Å². The van der Waals surface area contributed by atoms with Crippen molar-refractivity contribution < 1.29 is 9.53 Å². The van der Waals surface area contributed by atoms with E-state index in [9.17, 15) is 4.79 Å². The zero-order valence-corrected chi connectivity index (χ0v) is 13.7. The van der Waals surface area contributed by atoms with Gasteiger partial charge in [-0.2, -0.15) is 5.10 Å². The molecule has 1 aromatic carbocycles. The van der Waals surface area contributed by atoms with E-state index in [2.05, 4.69) is 34.6 Å². The smallest absolute Gasteiger partial charge is 0.350 e. The molecule has 0 spiro atoms. The van der Waals surface area contributed by atoms with E-state index >= 15 is 0 Å². The zero-order valence-electron chi connectivity index (χ0n) is 12.9. The summed E-state index contributed by atoms with van der Waals surface area (Å²) in [6, 6.07) is 10.1. The van der Waals surface area contributed by atoms with Gasteiger partial charge >= 0.3 is 5.97 Å². The van der Waals surface area contributed by atoms with E-state index in [0.717, 1.165) is 0 Å². The molecule has 1 atom stereocenters. The van der Waals surface area contributed by atoms with Gasteiger partial charge in [0.2, 0.25) is 5.13 Å². The Hall–Kier alpha value is -2.21. The van der Waals surface area contributed by atoms with Gasteiger partial charge in [-0.15, -0.1) is 0 Å². The standard InChI is InChI=1S/C16H19N3O2S/c1-4-21-15(20)14-12(3)18-16(22-14)19-17-10-11(2)13-8-6-5-7-9-13/h5-11H,4H2,1-3H3,(H,18,19). The molecule has 0 fully saturated rings. The summed E-state index contributed by atoms with van der Waals surface area (Å²) in [6.45, 7) is 5.98. The number of rotatable bonds is 6. The Morgan fingerprint density at radius 2 is 2.18 bits per heavy atom. The maximum Gasteiger partial charge on any atom is 0.350 e. The number of thiazole rings is 1. The fraction of sp³-hybridized carbons (Fsp3) is 0.312. The van der Waals surface area contributed by atoms with Crippen LogP contribution in [-0.2, 0) is 4.74 Å². The lowest BCUT2D eigenvalue weighted by atomic mass is 10.0. The molecule has 0 saturated carbocycles. The highest BCUT2D eigenvalue weighted by molar-refractivity contribution is 7.17. The number of aryl methyl sites for hydroxylation is 1. The SMILES string of the molecule is CCOC(=O)c1sc(NN=CC(C)c2ccccc2)nc1C. The third kappa shape index (κ3) is 4.14. The molecule has 1 N–H and O–H groups in total. The predicted octanol–water partition coefficient (Wildman–Crippen LogP) is 3.83. The number of nitrogens with one attached hydrogen (secondary N) is 1. The van der Waals surface area contributed by atoms with Crippen molar-refractivity contribution >= 4 is 28.7 Å². The number of anilines is 1. The highest BCUT2D eigenvalue weighted by Gasteiger charge is 2.15. The summed E-state index contributed by atoms with van der Waals surface area (Å²) < 4.78 is 4.99. The molecule has 2 rings (SSSR count). The average Bonchev–Trinajstić information content (AvgIpc) is 2.89. The third-order valence-corrected chi connectivity index (χ3v) is 4.08. The Bertz CT molecular complexity index is 653. The molecule has 1 aromatic heterocycles. The summed E-state index contributed by atoms with van der Waals surface area (Å²) in [5.74, 6) is -0.147. The van der Waals surface area contributed by atoms with Crippen LogP contribution in [0.1, 0.15) is 40.7 Å². The number of hydrogen-bond acceptors (Lipinski definition) is 6. The van der Waals surface area contributed by atoms with Crippen molar-refractivity contribution in [3.05, 3.63) is 46.5 Å². The van der Waals surface area contributed by atoms with Gasteiger partial charge in [-0.1, -0.05) is 48.6 Å². The molecular formula is C16H19N3O2S. The maximum absolute atomic E-state index is 11.7. The number of nitrogens with zero attached hydrogens (tertiary/aromatic N) is 2. The van der Waals surface area contributed by atoms with E-state index < -0.39 is 0 Å². The number of hydrazone groups is 1. The van der Waals surface area contributed by atoms with Crippen molar-refractivity contribution in [3.8, 4) is 0 Å². The largest absolute Gasteiger partial charge is 0.462 e. The Labute approximate surface area is 134 Å². The van der Waals surface area contributed by atoms with Crippen LogP contribution in [0.15, 0.2) is 35.4 Å². The molecule has 1 unspecified atom stereocenters. The first-order valence-electron chi connectivity index (χ1n) is 7.10. The van der Waals surface area contributed by atoms with Crippen LogP contribution in [0.2, 0.25) is 0 Å². The summed E-state index contributed by atoms with van der Waals surface area (Å²) in [6.07, 6.45) is 1.82. The molecule has 116 valence electrons. The number of esters is 1. The molecule has 2 aromatic rings. The minimum absolute atomic E-state index is 0.194. The molecule has 0 aliphatic rings. The van der Waals surface area contributed by atoms with E-state index in [-0.39, 0.29) is 11.9 Å². The first-order valence-corrected chi connectivity index (χ1v) is 7.92. The van der Waals surface area contributed by atoms with Gasteiger partial charge in [0.05, 0.1) is 12.3 Å². The Morgan fingerprint density at radius 1 is 1.45 bits per heavy atom. The van der Waals surface area contributed by atoms with E-state index in [1.807, 2.05) is 24.4 Å². The number of hydrogen-bond donors (Lipinski definition) is 1. The molecule has 1 heterocycles. The van der Waals surface area contributed by atoms with Crippen LogP contribution in [0.25, 0.3) is 0 Å². The van der Waals surface area contributed by atoms with Gasteiger partial charge in [-0.25, -0.2) is 9.78 Å². The molecule has 0 radical (unpaired) electrons. The molecule has 6 heteroatoms. The van der Waals surface area contributed by atoms with E-state index in [0.29, 0.717) is 22.3 Å². The molecular weight excluding hydrogens is 298 g/mol. The van der Waals surface area contributed by atoms with Crippen LogP contribution in [0, 0.1) is 6.92 Å². The second kappa shape index (κ2) is 7.70. The van der Waals surface area contributed by atoms with Gasteiger partial charge in [0.25, 0.3) is 0 Å². The predicted molar refractivity (Wildman–Crippen MR) is 89.8 cm³/mol. The number of carbonyl (C=O) groups excluding carboxylic acids is 1. The number of ether oxygens (including phenoxy) is 1. The Kier molecular flexibility index (Phi) is 5.66. The van der Waals surface area contributed by atoms with Crippen LogP contribution in [0.3, 0.4) is 0 Å². The van der Waals surface area contributed by atoms with Crippen LogP contribution >= 0.6 is 11.3 Å². The van der Waals surface area contributed by atoms with Crippen molar-refractivity contribution in [3.63, 3.8) is 0 Å². The Morgan fingerprint density at radius 3 is 2.86 bits per heavy atom. The van der Waals surface area contributed by atoms with Crippen molar-refractivity contribution in [2.45, 2.75) is 26.7 Å². The molecule has 0 bridgehead atoms. The maximum atomic E-state index is 11.7. The molecule has 0 saturated heterocycles. The number of aromatic nitrogens is 1. The van der Waals surface area contributed by atoms with Gasteiger partial charge in [0, 0.05) is 12.1 Å². The molecule has 22 heavy (non-hydrogen) atoms. The normalized spacial score (nSPS) is 12.3. The van der Waals surface area contributed by atoms with Gasteiger partial charge in [-0.3, -0.25) is 5.43 Å². The summed E-state index contributed by atoms with van der Waals surface area (Å²) in [4.78, 5) is 16.5. The third-order valence-electron chi connectivity index (χ3n) is 3.04. The lowest BCUT2D eigenvalue weighted by molar-refractivity contribution is 0.0531.